The van der Waals surface area contributed by atoms with Crippen LogP contribution in [0.4, 0.5) is 4.39 Å². The van der Waals surface area contributed by atoms with Crippen LogP contribution in [0.3, 0.4) is 0 Å². The Morgan fingerprint density at radius 3 is 2.58 bits per heavy atom. The Labute approximate surface area is 148 Å². The summed E-state index contributed by atoms with van der Waals surface area (Å²) in [6.45, 7) is 3.85. The predicted octanol–water partition coefficient (Wildman–Crippen LogP) is 5.15. The van der Waals surface area contributed by atoms with E-state index in [1.807, 2.05) is 38.4 Å². The van der Waals surface area contributed by atoms with Crippen molar-refractivity contribution in [1.29, 1.82) is 0 Å². The van der Waals surface area contributed by atoms with Gasteiger partial charge in [0.2, 0.25) is 0 Å². The van der Waals surface area contributed by atoms with Crippen LogP contribution in [-0.2, 0) is 0 Å². The van der Waals surface area contributed by atoms with Crippen molar-refractivity contribution < 1.29 is 9.18 Å². The standard InChI is InChI=1S/C18H17FN2OS2/c1-11-16(18(22)21(3)12(2)15-5-4-10-23-15)24-17(20-11)13-6-8-14(19)9-7-13/h4-10,12H,1-3H3. The summed E-state index contributed by atoms with van der Waals surface area (Å²) in [6.07, 6.45) is 0. The van der Waals surface area contributed by atoms with Crippen LogP contribution >= 0.6 is 22.7 Å². The zero-order chi connectivity index (χ0) is 17.3. The maximum atomic E-state index is 13.1. The normalized spacial score (nSPS) is 12.2. The minimum Gasteiger partial charge on any atom is -0.333 e. The molecule has 0 saturated heterocycles. The summed E-state index contributed by atoms with van der Waals surface area (Å²) in [7, 11) is 1.81. The highest BCUT2D eigenvalue weighted by molar-refractivity contribution is 7.17. The molecule has 0 aliphatic carbocycles. The van der Waals surface area contributed by atoms with E-state index in [4.69, 9.17) is 0 Å². The van der Waals surface area contributed by atoms with Gasteiger partial charge in [0, 0.05) is 17.5 Å². The van der Waals surface area contributed by atoms with Gasteiger partial charge in [-0.2, -0.15) is 0 Å². The van der Waals surface area contributed by atoms with Crippen LogP contribution in [0.2, 0.25) is 0 Å². The summed E-state index contributed by atoms with van der Waals surface area (Å²) >= 11 is 2.99. The van der Waals surface area contributed by atoms with Gasteiger partial charge in [-0.15, -0.1) is 22.7 Å². The molecule has 124 valence electrons. The number of aryl methyl sites for hydroxylation is 1. The summed E-state index contributed by atoms with van der Waals surface area (Å²) in [5.41, 5.74) is 1.52. The molecule has 24 heavy (non-hydrogen) atoms. The fourth-order valence-electron chi connectivity index (χ4n) is 2.37. The zero-order valence-electron chi connectivity index (χ0n) is 13.6. The van der Waals surface area contributed by atoms with E-state index >= 15 is 0 Å². The average Bonchev–Trinajstić information content (AvgIpc) is 3.23. The number of thiazole rings is 1. The second kappa shape index (κ2) is 6.83. The maximum Gasteiger partial charge on any atom is 0.266 e. The van der Waals surface area contributed by atoms with Gasteiger partial charge >= 0.3 is 0 Å². The van der Waals surface area contributed by atoms with Crippen LogP contribution in [0.1, 0.15) is 33.2 Å². The van der Waals surface area contributed by atoms with Gasteiger partial charge in [0.25, 0.3) is 5.91 Å². The third-order valence-electron chi connectivity index (χ3n) is 3.94. The molecule has 0 saturated carbocycles. The third kappa shape index (κ3) is 3.25. The number of nitrogens with zero attached hydrogens (tertiary/aromatic N) is 2. The number of benzene rings is 1. The van der Waals surface area contributed by atoms with Crippen LogP contribution in [0.5, 0.6) is 0 Å². The topological polar surface area (TPSA) is 33.2 Å². The van der Waals surface area contributed by atoms with Gasteiger partial charge in [0.1, 0.15) is 15.7 Å². The lowest BCUT2D eigenvalue weighted by molar-refractivity contribution is 0.0749. The first-order valence-electron chi connectivity index (χ1n) is 7.51. The number of aromatic nitrogens is 1. The van der Waals surface area contributed by atoms with E-state index < -0.39 is 0 Å². The average molecular weight is 360 g/mol. The van der Waals surface area contributed by atoms with Crippen LogP contribution in [0, 0.1) is 12.7 Å². The van der Waals surface area contributed by atoms with Crippen molar-refractivity contribution in [2.45, 2.75) is 19.9 Å². The number of rotatable bonds is 4. The minimum absolute atomic E-state index is 0.00766. The molecular weight excluding hydrogens is 343 g/mol. The first-order valence-corrected chi connectivity index (χ1v) is 9.21. The van der Waals surface area contributed by atoms with Crippen molar-refractivity contribution in [2.24, 2.45) is 0 Å². The van der Waals surface area contributed by atoms with Crippen molar-refractivity contribution in [3.8, 4) is 10.6 Å². The molecule has 1 amide bonds. The molecule has 1 unspecified atom stereocenters. The van der Waals surface area contributed by atoms with E-state index in [-0.39, 0.29) is 17.8 Å². The van der Waals surface area contributed by atoms with E-state index in [9.17, 15) is 9.18 Å². The summed E-state index contributed by atoms with van der Waals surface area (Å²) in [6, 6.07) is 10.2. The van der Waals surface area contributed by atoms with Gasteiger partial charge in [-0.3, -0.25) is 4.79 Å². The van der Waals surface area contributed by atoms with Gasteiger partial charge < -0.3 is 4.90 Å². The number of carbonyl (C=O) groups excluding carboxylic acids is 1. The van der Waals surface area contributed by atoms with Gasteiger partial charge in [-0.1, -0.05) is 6.07 Å². The molecule has 0 aliphatic heterocycles. The zero-order valence-corrected chi connectivity index (χ0v) is 15.2. The van der Waals surface area contributed by atoms with E-state index in [0.29, 0.717) is 10.6 Å². The Hall–Kier alpha value is -2.05. The van der Waals surface area contributed by atoms with Crippen LogP contribution in [0.25, 0.3) is 10.6 Å². The Balaban J connectivity index is 1.86. The number of hydrogen-bond acceptors (Lipinski definition) is 4. The van der Waals surface area contributed by atoms with Crippen molar-refractivity contribution in [1.82, 2.24) is 9.88 Å². The molecular formula is C18H17FN2OS2. The maximum absolute atomic E-state index is 13.1. The molecule has 0 radical (unpaired) electrons. The molecule has 6 heteroatoms. The Bertz CT molecular complexity index is 841. The molecule has 2 heterocycles. The molecule has 0 bridgehead atoms. The van der Waals surface area contributed by atoms with Crippen molar-refractivity contribution >= 4 is 28.6 Å². The van der Waals surface area contributed by atoms with E-state index in [1.54, 1.807) is 28.4 Å². The van der Waals surface area contributed by atoms with Crippen LogP contribution < -0.4 is 0 Å². The van der Waals surface area contributed by atoms with E-state index in [1.165, 1.54) is 23.5 Å². The fraction of sp³-hybridized carbons (Fsp3) is 0.222. The summed E-state index contributed by atoms with van der Waals surface area (Å²) < 4.78 is 13.1. The summed E-state index contributed by atoms with van der Waals surface area (Å²) in [5, 5.41) is 2.74. The molecule has 0 spiro atoms. The highest BCUT2D eigenvalue weighted by Gasteiger charge is 2.24. The van der Waals surface area contributed by atoms with Gasteiger partial charge in [0.05, 0.1) is 11.7 Å². The highest BCUT2D eigenvalue weighted by Crippen LogP contribution is 2.31. The number of halogens is 1. The van der Waals surface area contributed by atoms with Crippen LogP contribution in [-0.4, -0.2) is 22.8 Å². The lowest BCUT2D eigenvalue weighted by Gasteiger charge is -2.23. The number of thiophene rings is 1. The molecule has 3 nitrogen and oxygen atoms in total. The molecule has 0 aliphatic rings. The number of amides is 1. The number of carbonyl (C=O) groups is 1. The van der Waals surface area contributed by atoms with Crippen molar-refractivity contribution in [3.63, 3.8) is 0 Å². The van der Waals surface area contributed by atoms with E-state index in [0.717, 1.165) is 15.4 Å². The van der Waals surface area contributed by atoms with Crippen LogP contribution in [0.15, 0.2) is 41.8 Å². The van der Waals surface area contributed by atoms with Crippen molar-refractivity contribution in [2.75, 3.05) is 7.05 Å². The molecule has 0 N–H and O–H groups in total. The van der Waals surface area contributed by atoms with Gasteiger partial charge in [-0.05, 0) is 49.6 Å². The monoisotopic (exact) mass is 360 g/mol. The lowest BCUT2D eigenvalue weighted by atomic mass is 10.2. The molecule has 3 aromatic rings. The highest BCUT2D eigenvalue weighted by atomic mass is 32.1. The van der Waals surface area contributed by atoms with Crippen molar-refractivity contribution in [3.05, 3.63) is 63.0 Å². The van der Waals surface area contributed by atoms with Gasteiger partial charge in [-0.25, -0.2) is 9.37 Å². The summed E-state index contributed by atoms with van der Waals surface area (Å²) in [4.78, 5) is 20.8. The smallest absolute Gasteiger partial charge is 0.266 e. The molecule has 0 fully saturated rings. The second-order valence-electron chi connectivity index (χ2n) is 5.55. The quantitative estimate of drug-likeness (QED) is 0.644. The fourth-order valence-corrected chi connectivity index (χ4v) is 4.25. The number of hydrogen-bond donors (Lipinski definition) is 0. The first-order chi connectivity index (χ1) is 11.5. The Morgan fingerprint density at radius 1 is 1.25 bits per heavy atom. The SMILES string of the molecule is Cc1nc(-c2ccc(F)cc2)sc1C(=O)N(C)C(C)c1cccs1. The van der Waals surface area contributed by atoms with Gasteiger partial charge in [0.15, 0.2) is 0 Å². The van der Waals surface area contributed by atoms with E-state index in [2.05, 4.69) is 4.98 Å². The second-order valence-corrected chi connectivity index (χ2v) is 7.53. The largest absolute Gasteiger partial charge is 0.333 e. The third-order valence-corrected chi connectivity index (χ3v) is 6.18. The summed E-state index contributed by atoms with van der Waals surface area (Å²) in [5.74, 6) is -0.327. The molecule has 3 rings (SSSR count). The Kier molecular flexibility index (Phi) is 4.78. The molecule has 2 aromatic heterocycles. The Morgan fingerprint density at radius 2 is 1.96 bits per heavy atom. The first kappa shape index (κ1) is 16.8. The predicted molar refractivity (Wildman–Crippen MR) is 97.1 cm³/mol. The minimum atomic E-state index is -0.284. The molecule has 1 atom stereocenters. The molecule has 1 aromatic carbocycles. The lowest BCUT2D eigenvalue weighted by Crippen LogP contribution is -2.29.